The van der Waals surface area contributed by atoms with E-state index in [1.54, 1.807) is 6.20 Å². The van der Waals surface area contributed by atoms with E-state index >= 15 is 0 Å². The third kappa shape index (κ3) is 4.70. The molecule has 0 saturated carbocycles. The van der Waals surface area contributed by atoms with Crippen LogP contribution in [0.25, 0.3) is 17.3 Å². The number of aromatic nitrogens is 2. The number of aryl methyl sites for hydroxylation is 1. The van der Waals surface area contributed by atoms with Gasteiger partial charge in [0.1, 0.15) is 24.7 Å². The molecule has 2 heterocycles. The summed E-state index contributed by atoms with van der Waals surface area (Å²) in [6, 6.07) is 24.0. The lowest BCUT2D eigenvalue weighted by atomic mass is 10.0. The van der Waals surface area contributed by atoms with Gasteiger partial charge in [-0.25, -0.2) is 9.97 Å². The van der Waals surface area contributed by atoms with Gasteiger partial charge in [0.05, 0.1) is 5.56 Å². The third-order valence-corrected chi connectivity index (χ3v) is 5.30. The van der Waals surface area contributed by atoms with Crippen molar-refractivity contribution in [2.75, 3.05) is 0 Å². The van der Waals surface area contributed by atoms with Crippen LogP contribution >= 0.6 is 0 Å². The Hall–Kier alpha value is -3.92. The first kappa shape index (κ1) is 21.3. The molecule has 0 aliphatic carbocycles. The molecular formula is C28H26N2O2. The fourth-order valence-electron chi connectivity index (χ4n) is 3.65. The average molecular weight is 423 g/mol. The maximum absolute atomic E-state index is 6.33. The lowest BCUT2D eigenvalue weighted by Crippen LogP contribution is -2.06. The zero-order valence-electron chi connectivity index (χ0n) is 18.4. The van der Waals surface area contributed by atoms with Gasteiger partial charge in [0, 0.05) is 23.0 Å². The van der Waals surface area contributed by atoms with E-state index in [-0.39, 0.29) is 0 Å². The van der Waals surface area contributed by atoms with E-state index < -0.39 is 0 Å². The third-order valence-electron chi connectivity index (χ3n) is 5.30. The van der Waals surface area contributed by atoms with Crippen LogP contribution in [-0.4, -0.2) is 9.97 Å². The van der Waals surface area contributed by atoms with Crippen LogP contribution in [0.15, 0.2) is 85.6 Å². The fraction of sp³-hybridized carbons (Fsp3) is 0.143. The number of hydrogen-bond acceptors (Lipinski definition) is 4. The zero-order valence-corrected chi connectivity index (χ0v) is 18.4. The summed E-state index contributed by atoms with van der Waals surface area (Å²) in [6.45, 7) is 8.85. The molecule has 0 aliphatic rings. The molecule has 0 unspecified atom stereocenters. The number of hydrogen-bond donors (Lipinski definition) is 0. The van der Waals surface area contributed by atoms with Gasteiger partial charge in [0.25, 0.3) is 0 Å². The van der Waals surface area contributed by atoms with Crippen LogP contribution in [0.4, 0.5) is 0 Å². The second-order valence-corrected chi connectivity index (χ2v) is 7.52. The molecule has 0 saturated heterocycles. The minimum atomic E-state index is 0.424. The first-order chi connectivity index (χ1) is 15.7. The quantitative estimate of drug-likeness (QED) is 0.322. The molecule has 0 fully saturated rings. The van der Waals surface area contributed by atoms with Gasteiger partial charge in [-0.15, -0.1) is 0 Å². The van der Waals surface area contributed by atoms with Crippen LogP contribution in [0, 0.1) is 13.8 Å². The smallest absolute Gasteiger partial charge is 0.223 e. The van der Waals surface area contributed by atoms with E-state index in [0.29, 0.717) is 24.8 Å². The van der Waals surface area contributed by atoms with Crippen molar-refractivity contribution < 1.29 is 9.47 Å². The Morgan fingerprint density at radius 1 is 0.812 bits per heavy atom. The molecule has 4 heteroatoms. The van der Waals surface area contributed by atoms with Gasteiger partial charge in [-0.2, -0.15) is 0 Å². The van der Waals surface area contributed by atoms with Crippen molar-refractivity contribution in [2.45, 2.75) is 27.1 Å². The van der Waals surface area contributed by atoms with Crippen molar-refractivity contribution in [3.63, 3.8) is 0 Å². The van der Waals surface area contributed by atoms with E-state index in [2.05, 4.69) is 11.6 Å². The molecule has 2 aromatic heterocycles. The van der Waals surface area contributed by atoms with E-state index in [4.69, 9.17) is 14.5 Å². The average Bonchev–Trinajstić information content (AvgIpc) is 2.84. The summed E-state index contributed by atoms with van der Waals surface area (Å²) in [7, 11) is 0. The molecule has 4 rings (SSSR count). The van der Waals surface area contributed by atoms with Gasteiger partial charge in [0.15, 0.2) is 0 Å². The van der Waals surface area contributed by atoms with E-state index in [1.807, 2.05) is 92.7 Å². The Balaban J connectivity index is 1.73. The van der Waals surface area contributed by atoms with Gasteiger partial charge < -0.3 is 9.47 Å². The number of benzene rings is 2. The summed E-state index contributed by atoms with van der Waals surface area (Å²) < 4.78 is 12.4. The summed E-state index contributed by atoms with van der Waals surface area (Å²) in [6.07, 6.45) is 3.55. The van der Waals surface area contributed by atoms with Crippen LogP contribution in [0.3, 0.4) is 0 Å². The lowest BCUT2D eigenvalue weighted by Gasteiger charge is -2.19. The normalized spacial score (nSPS) is 10.6. The molecule has 0 radical (unpaired) electrons. The molecule has 0 bridgehead atoms. The molecular weight excluding hydrogens is 396 g/mol. The van der Waals surface area contributed by atoms with Gasteiger partial charge in [-0.3, -0.25) is 0 Å². The SMILES string of the molecule is C=Cc1c(C)nc(-c2cccnc2OCc2ccccc2)c(OCc2ccccc2)c1C. The van der Waals surface area contributed by atoms with Crippen LogP contribution in [-0.2, 0) is 13.2 Å². The molecule has 160 valence electrons. The standard InChI is InChI=1S/C28H26N2O2/c1-4-24-20(2)27(31-18-22-12-7-5-8-13-22)26(30-21(24)3)25-16-11-17-29-28(25)32-19-23-14-9-6-10-15-23/h4-17H,1,18-19H2,2-3H3. The van der Waals surface area contributed by atoms with Crippen molar-refractivity contribution in [2.24, 2.45) is 0 Å². The second kappa shape index (κ2) is 9.92. The van der Waals surface area contributed by atoms with E-state index in [1.165, 1.54) is 0 Å². The molecule has 0 amide bonds. The van der Waals surface area contributed by atoms with E-state index in [0.717, 1.165) is 39.2 Å². The summed E-state index contributed by atoms with van der Waals surface area (Å²) in [5, 5.41) is 0. The fourth-order valence-corrected chi connectivity index (χ4v) is 3.65. The van der Waals surface area contributed by atoms with Crippen LogP contribution in [0.2, 0.25) is 0 Å². The lowest BCUT2D eigenvalue weighted by molar-refractivity contribution is 0.293. The summed E-state index contributed by atoms with van der Waals surface area (Å²) in [5.74, 6) is 1.24. The minimum absolute atomic E-state index is 0.424. The Morgan fingerprint density at radius 3 is 2.06 bits per heavy atom. The second-order valence-electron chi connectivity index (χ2n) is 7.52. The number of pyridine rings is 2. The highest BCUT2D eigenvalue weighted by atomic mass is 16.5. The maximum atomic E-state index is 6.33. The van der Waals surface area contributed by atoms with Crippen LogP contribution < -0.4 is 9.47 Å². The monoisotopic (exact) mass is 422 g/mol. The highest BCUT2D eigenvalue weighted by molar-refractivity contribution is 5.75. The van der Waals surface area contributed by atoms with Gasteiger partial charge in [-0.1, -0.05) is 73.3 Å². The molecule has 0 aliphatic heterocycles. The molecule has 2 aromatic carbocycles. The summed E-state index contributed by atoms with van der Waals surface area (Å²) >= 11 is 0. The Morgan fingerprint density at radius 2 is 1.44 bits per heavy atom. The van der Waals surface area contributed by atoms with Crippen molar-refractivity contribution in [1.82, 2.24) is 9.97 Å². The van der Waals surface area contributed by atoms with Crippen molar-refractivity contribution in [3.8, 4) is 22.9 Å². The topological polar surface area (TPSA) is 44.2 Å². The molecule has 0 N–H and O–H groups in total. The first-order valence-corrected chi connectivity index (χ1v) is 10.6. The molecule has 4 aromatic rings. The highest BCUT2D eigenvalue weighted by Crippen LogP contribution is 2.39. The van der Waals surface area contributed by atoms with Gasteiger partial charge in [-0.05, 0) is 37.1 Å². The zero-order chi connectivity index (χ0) is 22.3. The molecule has 0 spiro atoms. The Kier molecular flexibility index (Phi) is 6.61. The van der Waals surface area contributed by atoms with Crippen LogP contribution in [0.5, 0.6) is 11.6 Å². The number of rotatable bonds is 8. The first-order valence-electron chi connectivity index (χ1n) is 10.6. The van der Waals surface area contributed by atoms with Crippen molar-refractivity contribution in [3.05, 3.63) is 114 Å². The predicted molar refractivity (Wildman–Crippen MR) is 129 cm³/mol. The highest BCUT2D eigenvalue weighted by Gasteiger charge is 2.20. The number of nitrogens with zero attached hydrogens (tertiary/aromatic N) is 2. The Labute approximate surface area is 189 Å². The molecule has 32 heavy (non-hydrogen) atoms. The Bertz CT molecular complexity index is 1210. The summed E-state index contributed by atoms with van der Waals surface area (Å²) in [5.41, 5.74) is 6.55. The minimum Gasteiger partial charge on any atom is -0.486 e. The summed E-state index contributed by atoms with van der Waals surface area (Å²) in [4.78, 5) is 9.38. The predicted octanol–water partition coefficient (Wildman–Crippen LogP) is 6.56. The van der Waals surface area contributed by atoms with Crippen molar-refractivity contribution in [1.29, 1.82) is 0 Å². The largest absolute Gasteiger partial charge is 0.486 e. The van der Waals surface area contributed by atoms with Gasteiger partial charge in [0.2, 0.25) is 5.88 Å². The molecule has 0 atom stereocenters. The van der Waals surface area contributed by atoms with Crippen molar-refractivity contribution >= 4 is 6.08 Å². The number of ether oxygens (including phenoxy) is 2. The maximum Gasteiger partial charge on any atom is 0.223 e. The van der Waals surface area contributed by atoms with Crippen LogP contribution in [0.1, 0.15) is 27.9 Å². The van der Waals surface area contributed by atoms with Gasteiger partial charge >= 0.3 is 0 Å². The van der Waals surface area contributed by atoms with E-state index in [9.17, 15) is 0 Å². The molecule has 4 nitrogen and oxygen atoms in total.